The molecule has 9 heteroatoms. The number of nitrogens with zero attached hydrogens (tertiary/aromatic N) is 4. The zero-order chi connectivity index (χ0) is 22.1. The van der Waals surface area contributed by atoms with Gasteiger partial charge in [0.25, 0.3) is 0 Å². The number of urea groups is 1. The van der Waals surface area contributed by atoms with Gasteiger partial charge in [-0.1, -0.05) is 11.3 Å². The average molecular weight is 444 g/mol. The number of nitrogens with one attached hydrogen (secondary N) is 1. The Morgan fingerprint density at radius 2 is 1.94 bits per heavy atom. The van der Waals surface area contributed by atoms with Gasteiger partial charge < -0.3 is 14.9 Å². The van der Waals surface area contributed by atoms with Gasteiger partial charge in [-0.3, -0.25) is 5.32 Å². The first-order valence-electron chi connectivity index (χ1n) is 10.3. The number of aliphatic hydroxyl groups is 1. The maximum absolute atomic E-state index is 14.5. The smallest absolute Gasteiger partial charge is 0.323 e. The normalized spacial score (nSPS) is 15.4. The molecule has 1 fully saturated rings. The van der Waals surface area contributed by atoms with E-state index in [0.717, 1.165) is 10.2 Å². The van der Waals surface area contributed by atoms with E-state index in [9.17, 15) is 14.3 Å². The van der Waals surface area contributed by atoms with Crippen LogP contribution in [0.1, 0.15) is 23.6 Å². The van der Waals surface area contributed by atoms with E-state index in [-0.39, 0.29) is 11.8 Å². The molecule has 2 aromatic heterocycles. The number of aryl methyl sites for hydroxylation is 2. The minimum Gasteiger partial charge on any atom is -0.393 e. The van der Waals surface area contributed by atoms with Gasteiger partial charge in [-0.25, -0.2) is 19.2 Å². The highest BCUT2D eigenvalue weighted by molar-refractivity contribution is 7.22. The molecule has 3 aromatic rings. The van der Waals surface area contributed by atoms with Crippen LogP contribution in [0.15, 0.2) is 24.4 Å². The Kier molecular flexibility index (Phi) is 6.06. The van der Waals surface area contributed by atoms with Crippen molar-refractivity contribution in [1.82, 2.24) is 14.9 Å². The molecule has 0 bridgehead atoms. The van der Waals surface area contributed by atoms with Crippen LogP contribution in [0.3, 0.4) is 0 Å². The summed E-state index contributed by atoms with van der Waals surface area (Å²) in [6, 6.07) is 5.34. The van der Waals surface area contributed by atoms with E-state index in [4.69, 9.17) is 0 Å². The molecule has 1 atom stereocenters. The average Bonchev–Trinajstić information content (AvgIpc) is 3.09. The summed E-state index contributed by atoms with van der Waals surface area (Å²) < 4.78 is 15.5. The first kappa shape index (κ1) is 21.5. The molecule has 1 aliphatic rings. The standard InChI is InChI=1S/C22H26FN5O2S/c1-13-8-18-19(9-14(13)2)31-21(25-18)26-22(30)28-6-4-27(5-7-28)20-17(23)11-16(12-24-20)10-15(3)29/h8-9,11-12,15,29H,4-7,10H2,1-3H3,(H,25,26,30)/t15-/m0/s1. The van der Waals surface area contributed by atoms with Gasteiger partial charge in [0.05, 0.1) is 16.3 Å². The highest BCUT2D eigenvalue weighted by Gasteiger charge is 2.24. The molecule has 0 aliphatic carbocycles. The van der Waals surface area contributed by atoms with Crippen molar-refractivity contribution in [2.75, 3.05) is 36.4 Å². The lowest BCUT2D eigenvalue weighted by Crippen LogP contribution is -2.50. The molecular weight excluding hydrogens is 417 g/mol. The summed E-state index contributed by atoms with van der Waals surface area (Å²) in [5, 5.41) is 12.9. The zero-order valence-corrected chi connectivity index (χ0v) is 18.7. The van der Waals surface area contributed by atoms with Crippen LogP contribution in [-0.4, -0.2) is 58.3 Å². The first-order chi connectivity index (χ1) is 14.8. The summed E-state index contributed by atoms with van der Waals surface area (Å²) in [5.41, 5.74) is 3.92. The van der Waals surface area contributed by atoms with Crippen LogP contribution in [0.2, 0.25) is 0 Å². The van der Waals surface area contributed by atoms with E-state index >= 15 is 0 Å². The van der Waals surface area contributed by atoms with Crippen LogP contribution in [0.5, 0.6) is 0 Å². The number of carbonyl (C=O) groups excluding carboxylic acids is 1. The lowest BCUT2D eigenvalue weighted by molar-refractivity contribution is 0.195. The van der Waals surface area contributed by atoms with Crippen LogP contribution in [0.25, 0.3) is 10.2 Å². The lowest BCUT2D eigenvalue weighted by atomic mass is 10.1. The predicted octanol–water partition coefficient (Wildman–Crippen LogP) is 3.72. The fourth-order valence-electron chi connectivity index (χ4n) is 3.68. The van der Waals surface area contributed by atoms with Crippen molar-refractivity contribution in [2.24, 2.45) is 0 Å². The molecule has 7 nitrogen and oxygen atoms in total. The summed E-state index contributed by atoms with van der Waals surface area (Å²) in [6.45, 7) is 7.68. The lowest BCUT2D eigenvalue weighted by Gasteiger charge is -2.35. The van der Waals surface area contributed by atoms with Gasteiger partial charge in [0, 0.05) is 32.4 Å². The fourth-order valence-corrected chi connectivity index (χ4v) is 4.62. The number of hydrogen-bond acceptors (Lipinski definition) is 6. The number of carbonyl (C=O) groups is 1. The van der Waals surface area contributed by atoms with Crippen molar-refractivity contribution < 1.29 is 14.3 Å². The van der Waals surface area contributed by atoms with Gasteiger partial charge >= 0.3 is 6.03 Å². The van der Waals surface area contributed by atoms with E-state index in [1.807, 2.05) is 17.9 Å². The summed E-state index contributed by atoms with van der Waals surface area (Å²) in [5.74, 6) is -0.123. The molecule has 31 heavy (non-hydrogen) atoms. The second-order valence-electron chi connectivity index (χ2n) is 8.03. The number of thiazole rings is 1. The third-order valence-electron chi connectivity index (χ3n) is 5.49. The van der Waals surface area contributed by atoms with Crippen LogP contribution in [-0.2, 0) is 6.42 Å². The molecular formula is C22H26FN5O2S. The van der Waals surface area contributed by atoms with Gasteiger partial charge in [-0.2, -0.15) is 0 Å². The van der Waals surface area contributed by atoms with Crippen LogP contribution in [0, 0.1) is 19.7 Å². The molecule has 0 unspecified atom stereocenters. The van der Waals surface area contributed by atoms with Crippen LogP contribution < -0.4 is 10.2 Å². The molecule has 0 saturated carbocycles. The van der Waals surface area contributed by atoms with Crippen molar-refractivity contribution in [2.45, 2.75) is 33.3 Å². The fraction of sp³-hybridized carbons (Fsp3) is 0.409. The number of fused-ring (bicyclic) bond motifs is 1. The summed E-state index contributed by atoms with van der Waals surface area (Å²) >= 11 is 1.46. The first-order valence-corrected chi connectivity index (χ1v) is 11.1. The number of hydrogen-bond donors (Lipinski definition) is 2. The van der Waals surface area contributed by atoms with Crippen molar-refractivity contribution in [3.05, 3.63) is 46.9 Å². The van der Waals surface area contributed by atoms with E-state index in [1.54, 1.807) is 18.0 Å². The molecule has 0 radical (unpaired) electrons. The minimum atomic E-state index is -0.544. The van der Waals surface area contributed by atoms with Crippen molar-refractivity contribution in [3.8, 4) is 0 Å². The highest BCUT2D eigenvalue weighted by atomic mass is 32.1. The number of anilines is 2. The zero-order valence-electron chi connectivity index (χ0n) is 17.9. The molecule has 1 saturated heterocycles. The van der Waals surface area contributed by atoms with Crippen molar-refractivity contribution in [1.29, 1.82) is 0 Å². The largest absolute Gasteiger partial charge is 0.393 e. The number of aromatic nitrogens is 2. The van der Waals surface area contributed by atoms with Crippen molar-refractivity contribution in [3.63, 3.8) is 0 Å². The number of amides is 2. The molecule has 164 valence electrons. The van der Waals surface area contributed by atoms with E-state index < -0.39 is 11.9 Å². The molecule has 3 heterocycles. The Bertz CT molecular complexity index is 1070. The second kappa shape index (κ2) is 8.76. The third kappa shape index (κ3) is 4.77. The Morgan fingerprint density at radius 1 is 1.23 bits per heavy atom. The monoisotopic (exact) mass is 443 g/mol. The van der Waals surface area contributed by atoms with Gasteiger partial charge in [0.15, 0.2) is 16.8 Å². The van der Waals surface area contributed by atoms with Gasteiger partial charge in [0.1, 0.15) is 0 Å². The number of rotatable bonds is 4. The Labute approximate surface area is 184 Å². The number of halogens is 1. The Balaban J connectivity index is 1.37. The van der Waals surface area contributed by atoms with Gasteiger partial charge in [0.2, 0.25) is 0 Å². The molecule has 0 spiro atoms. The minimum absolute atomic E-state index is 0.201. The maximum Gasteiger partial charge on any atom is 0.323 e. The number of piperazine rings is 1. The number of benzene rings is 1. The quantitative estimate of drug-likeness (QED) is 0.642. The molecule has 4 rings (SSSR count). The van der Waals surface area contributed by atoms with E-state index in [0.29, 0.717) is 43.3 Å². The predicted molar refractivity (Wildman–Crippen MR) is 121 cm³/mol. The number of pyridine rings is 1. The summed E-state index contributed by atoms with van der Waals surface area (Å²) in [6.07, 6.45) is 1.42. The summed E-state index contributed by atoms with van der Waals surface area (Å²) in [4.78, 5) is 25.0. The van der Waals surface area contributed by atoms with Gasteiger partial charge in [-0.15, -0.1) is 0 Å². The Morgan fingerprint density at radius 3 is 2.61 bits per heavy atom. The molecule has 1 aromatic carbocycles. The number of aliphatic hydroxyl groups excluding tert-OH is 1. The molecule has 2 N–H and O–H groups in total. The van der Waals surface area contributed by atoms with E-state index in [1.165, 1.54) is 28.5 Å². The Hall–Kier alpha value is -2.78. The van der Waals surface area contributed by atoms with Crippen LogP contribution >= 0.6 is 11.3 Å². The SMILES string of the molecule is Cc1cc2nc(NC(=O)N3CCN(c4ncc(C[C@H](C)O)cc4F)CC3)sc2cc1C. The van der Waals surface area contributed by atoms with Gasteiger partial charge in [-0.05, 0) is 62.1 Å². The van der Waals surface area contributed by atoms with E-state index in [2.05, 4.69) is 28.3 Å². The van der Waals surface area contributed by atoms with Crippen LogP contribution in [0.4, 0.5) is 20.1 Å². The summed E-state index contributed by atoms with van der Waals surface area (Å²) in [7, 11) is 0. The second-order valence-corrected chi connectivity index (χ2v) is 9.06. The molecule has 2 amide bonds. The highest BCUT2D eigenvalue weighted by Crippen LogP contribution is 2.28. The maximum atomic E-state index is 14.5. The third-order valence-corrected chi connectivity index (χ3v) is 6.43. The van der Waals surface area contributed by atoms with Crippen molar-refractivity contribution >= 4 is 38.5 Å². The molecule has 1 aliphatic heterocycles. The topological polar surface area (TPSA) is 81.6 Å².